The van der Waals surface area contributed by atoms with Crippen LogP contribution in [0.2, 0.25) is 0 Å². The van der Waals surface area contributed by atoms with Gasteiger partial charge in [0, 0.05) is 12.1 Å². The van der Waals surface area contributed by atoms with Gasteiger partial charge >= 0.3 is 5.97 Å². The molecule has 0 radical (unpaired) electrons. The third-order valence-corrected chi connectivity index (χ3v) is 4.61. The molecule has 0 aromatic heterocycles. The van der Waals surface area contributed by atoms with Crippen molar-refractivity contribution >= 4 is 5.97 Å². The SMILES string of the molecule is CCCCN(C)C1CCC(NC2CC2)(C(=O)OC)C1. The van der Waals surface area contributed by atoms with Gasteiger partial charge < -0.3 is 9.64 Å². The van der Waals surface area contributed by atoms with E-state index in [4.69, 9.17) is 4.74 Å². The van der Waals surface area contributed by atoms with Gasteiger partial charge in [-0.25, -0.2) is 0 Å². The van der Waals surface area contributed by atoms with E-state index in [1.165, 1.54) is 32.8 Å². The van der Waals surface area contributed by atoms with Gasteiger partial charge in [0.2, 0.25) is 0 Å². The Balaban J connectivity index is 1.95. The Morgan fingerprint density at radius 1 is 1.42 bits per heavy atom. The molecule has 2 rings (SSSR count). The van der Waals surface area contributed by atoms with Crippen LogP contribution in [0.5, 0.6) is 0 Å². The average molecular weight is 268 g/mol. The zero-order valence-electron chi connectivity index (χ0n) is 12.6. The molecule has 19 heavy (non-hydrogen) atoms. The maximum Gasteiger partial charge on any atom is 0.326 e. The minimum atomic E-state index is -0.416. The summed E-state index contributed by atoms with van der Waals surface area (Å²) in [5, 5.41) is 3.56. The van der Waals surface area contributed by atoms with Crippen molar-refractivity contribution in [3.8, 4) is 0 Å². The summed E-state index contributed by atoms with van der Waals surface area (Å²) in [5.41, 5.74) is -0.416. The number of hydrogen-bond donors (Lipinski definition) is 1. The van der Waals surface area contributed by atoms with Crippen LogP contribution in [0.25, 0.3) is 0 Å². The third-order valence-electron chi connectivity index (χ3n) is 4.61. The number of carbonyl (C=O) groups is 1. The van der Waals surface area contributed by atoms with Crippen molar-refractivity contribution in [2.24, 2.45) is 0 Å². The number of nitrogens with zero attached hydrogens (tertiary/aromatic N) is 1. The largest absolute Gasteiger partial charge is 0.468 e. The summed E-state index contributed by atoms with van der Waals surface area (Å²) in [6.45, 7) is 3.34. The molecule has 2 fully saturated rings. The van der Waals surface area contributed by atoms with E-state index < -0.39 is 5.54 Å². The molecule has 0 amide bonds. The van der Waals surface area contributed by atoms with Crippen molar-refractivity contribution in [3.63, 3.8) is 0 Å². The van der Waals surface area contributed by atoms with Crippen LogP contribution in [0.15, 0.2) is 0 Å². The molecule has 2 saturated carbocycles. The zero-order chi connectivity index (χ0) is 13.9. The summed E-state index contributed by atoms with van der Waals surface area (Å²) in [7, 11) is 3.69. The molecule has 0 aliphatic heterocycles. The van der Waals surface area contributed by atoms with Gasteiger partial charge in [0.25, 0.3) is 0 Å². The summed E-state index contributed by atoms with van der Waals surface area (Å²) in [5.74, 6) is -0.0641. The summed E-state index contributed by atoms with van der Waals surface area (Å²) in [4.78, 5) is 14.6. The number of unbranched alkanes of at least 4 members (excludes halogenated alkanes) is 1. The predicted molar refractivity (Wildman–Crippen MR) is 76.1 cm³/mol. The summed E-state index contributed by atoms with van der Waals surface area (Å²) >= 11 is 0. The lowest BCUT2D eigenvalue weighted by Gasteiger charge is -2.30. The van der Waals surface area contributed by atoms with Crippen molar-refractivity contribution in [1.82, 2.24) is 10.2 Å². The van der Waals surface area contributed by atoms with Crippen molar-refractivity contribution in [2.45, 2.75) is 69.5 Å². The van der Waals surface area contributed by atoms with Gasteiger partial charge in [-0.05, 0) is 52.1 Å². The Labute approximate surface area is 116 Å². The molecule has 2 aliphatic carbocycles. The molecule has 2 atom stereocenters. The summed E-state index contributed by atoms with van der Waals surface area (Å²) in [6.07, 6.45) is 7.76. The fourth-order valence-corrected chi connectivity index (χ4v) is 3.17. The molecular formula is C15H28N2O2. The van der Waals surface area contributed by atoms with Gasteiger partial charge in [-0.1, -0.05) is 13.3 Å². The number of hydrogen-bond acceptors (Lipinski definition) is 4. The van der Waals surface area contributed by atoms with E-state index in [2.05, 4.69) is 24.2 Å². The van der Waals surface area contributed by atoms with E-state index in [0.29, 0.717) is 12.1 Å². The molecular weight excluding hydrogens is 240 g/mol. The lowest BCUT2D eigenvalue weighted by Crippen LogP contribution is -2.52. The molecule has 110 valence electrons. The van der Waals surface area contributed by atoms with Gasteiger partial charge in [-0.3, -0.25) is 10.1 Å². The Hall–Kier alpha value is -0.610. The Kier molecular flexibility index (Phi) is 4.85. The second kappa shape index (κ2) is 6.23. The minimum Gasteiger partial charge on any atom is -0.468 e. The molecule has 2 unspecified atom stereocenters. The first-order chi connectivity index (χ1) is 9.11. The number of methoxy groups -OCH3 is 1. The van der Waals surface area contributed by atoms with E-state index >= 15 is 0 Å². The van der Waals surface area contributed by atoms with Gasteiger partial charge in [0.15, 0.2) is 0 Å². The highest BCUT2D eigenvalue weighted by molar-refractivity contribution is 5.81. The lowest BCUT2D eigenvalue weighted by molar-refractivity contribution is -0.148. The van der Waals surface area contributed by atoms with E-state index in [0.717, 1.165) is 25.8 Å². The van der Waals surface area contributed by atoms with Crippen LogP contribution < -0.4 is 5.32 Å². The minimum absolute atomic E-state index is 0.0641. The zero-order valence-corrected chi connectivity index (χ0v) is 12.6. The van der Waals surface area contributed by atoms with Crippen molar-refractivity contribution in [1.29, 1.82) is 0 Å². The Bertz CT molecular complexity index is 317. The van der Waals surface area contributed by atoms with Crippen LogP contribution in [0.4, 0.5) is 0 Å². The van der Waals surface area contributed by atoms with E-state index in [1.807, 2.05) is 0 Å². The van der Waals surface area contributed by atoms with E-state index in [1.54, 1.807) is 0 Å². The molecule has 0 bridgehead atoms. The standard InChI is InChI=1S/C15H28N2O2/c1-4-5-10-17(2)13-8-9-15(11-13,14(18)19-3)16-12-6-7-12/h12-13,16H,4-11H2,1-3H3. The molecule has 4 heteroatoms. The highest BCUT2D eigenvalue weighted by Gasteiger charge is 2.49. The normalized spacial score (nSPS) is 30.8. The summed E-state index contributed by atoms with van der Waals surface area (Å²) < 4.78 is 5.06. The molecule has 0 spiro atoms. The van der Waals surface area contributed by atoms with Crippen LogP contribution in [-0.4, -0.2) is 49.2 Å². The van der Waals surface area contributed by atoms with Crippen LogP contribution in [0.1, 0.15) is 51.9 Å². The molecule has 0 aromatic rings. The van der Waals surface area contributed by atoms with Crippen molar-refractivity contribution in [3.05, 3.63) is 0 Å². The molecule has 0 saturated heterocycles. The molecule has 2 aliphatic rings. The smallest absolute Gasteiger partial charge is 0.326 e. The maximum absolute atomic E-state index is 12.2. The first kappa shape index (κ1) is 14.8. The number of rotatable bonds is 7. The molecule has 4 nitrogen and oxygen atoms in total. The van der Waals surface area contributed by atoms with Crippen LogP contribution in [-0.2, 0) is 9.53 Å². The highest BCUT2D eigenvalue weighted by Crippen LogP contribution is 2.37. The lowest BCUT2D eigenvalue weighted by atomic mass is 9.97. The fourth-order valence-electron chi connectivity index (χ4n) is 3.17. The monoisotopic (exact) mass is 268 g/mol. The first-order valence-corrected chi connectivity index (χ1v) is 7.67. The summed E-state index contributed by atoms with van der Waals surface area (Å²) in [6, 6.07) is 1.05. The number of ether oxygens (including phenoxy) is 1. The van der Waals surface area contributed by atoms with Crippen LogP contribution >= 0.6 is 0 Å². The molecule has 1 N–H and O–H groups in total. The number of carbonyl (C=O) groups excluding carboxylic acids is 1. The van der Waals surface area contributed by atoms with Crippen molar-refractivity contribution < 1.29 is 9.53 Å². The Morgan fingerprint density at radius 2 is 2.16 bits per heavy atom. The topological polar surface area (TPSA) is 41.6 Å². The van der Waals surface area contributed by atoms with Crippen LogP contribution in [0, 0.1) is 0 Å². The average Bonchev–Trinajstić information content (AvgIpc) is 3.12. The maximum atomic E-state index is 12.2. The van der Waals surface area contributed by atoms with Gasteiger partial charge in [0.1, 0.15) is 5.54 Å². The predicted octanol–water partition coefficient (Wildman–Crippen LogP) is 1.93. The number of esters is 1. The van der Waals surface area contributed by atoms with Gasteiger partial charge in [-0.15, -0.1) is 0 Å². The van der Waals surface area contributed by atoms with Gasteiger partial charge in [-0.2, -0.15) is 0 Å². The number of nitrogens with one attached hydrogen (secondary N) is 1. The van der Waals surface area contributed by atoms with E-state index in [9.17, 15) is 4.79 Å². The molecule has 0 aromatic carbocycles. The quantitative estimate of drug-likeness (QED) is 0.716. The third kappa shape index (κ3) is 3.48. The highest BCUT2D eigenvalue weighted by atomic mass is 16.5. The van der Waals surface area contributed by atoms with Gasteiger partial charge in [0.05, 0.1) is 7.11 Å². The fraction of sp³-hybridized carbons (Fsp3) is 0.933. The van der Waals surface area contributed by atoms with Crippen molar-refractivity contribution in [2.75, 3.05) is 20.7 Å². The molecule has 0 heterocycles. The first-order valence-electron chi connectivity index (χ1n) is 7.67. The van der Waals surface area contributed by atoms with Crippen LogP contribution in [0.3, 0.4) is 0 Å². The Morgan fingerprint density at radius 3 is 2.74 bits per heavy atom. The second-order valence-electron chi connectivity index (χ2n) is 6.22. The second-order valence-corrected chi connectivity index (χ2v) is 6.22. The van der Waals surface area contributed by atoms with E-state index in [-0.39, 0.29) is 5.97 Å².